The number of fused-ring (bicyclic) bond motifs is 5. The van der Waals surface area contributed by atoms with Gasteiger partial charge in [0.25, 0.3) is 0 Å². The van der Waals surface area contributed by atoms with Crippen LogP contribution < -0.4 is 5.32 Å². The smallest absolute Gasteiger partial charge is 0.246 e. The maximum absolute atomic E-state index is 13.9. The minimum absolute atomic E-state index is 0.0389. The molecule has 40 heavy (non-hydrogen) atoms. The van der Waals surface area contributed by atoms with E-state index in [1.54, 1.807) is 12.1 Å². The first-order valence-corrected chi connectivity index (χ1v) is 14.9. The lowest BCUT2D eigenvalue weighted by Crippen LogP contribution is -2.60. The molecule has 3 saturated carbocycles. The predicted molar refractivity (Wildman–Crippen MR) is 158 cm³/mol. The van der Waals surface area contributed by atoms with Crippen LogP contribution in [0.5, 0.6) is 0 Å². The molecule has 5 heteroatoms. The zero-order valence-electron chi connectivity index (χ0n) is 23.6. The van der Waals surface area contributed by atoms with Gasteiger partial charge in [0, 0.05) is 35.0 Å². The van der Waals surface area contributed by atoms with Crippen LogP contribution in [0.1, 0.15) is 68.3 Å². The van der Waals surface area contributed by atoms with E-state index in [2.05, 4.69) is 31.8 Å². The number of carbonyl (C=O) groups is 3. The van der Waals surface area contributed by atoms with Crippen LogP contribution in [0, 0.1) is 34.5 Å². The third kappa shape index (κ3) is 4.17. The van der Waals surface area contributed by atoms with Gasteiger partial charge >= 0.3 is 0 Å². The summed E-state index contributed by atoms with van der Waals surface area (Å²) in [5, 5.41) is 3.19. The summed E-state index contributed by atoms with van der Waals surface area (Å²) in [4.78, 5) is 41.9. The average molecular weight is 537 g/mol. The van der Waals surface area contributed by atoms with Crippen LogP contribution in [0.2, 0.25) is 0 Å². The SMILES string of the molecule is C=CCN1C(=O)C=C[C@]2(C)[C@H]3CC[C@]4(C)[C@@H](C(=O)Nc5ccccc5C(=O)c5ccccc5)CC[C@H]4[C@@H]3CC[C@@H]12. The highest BCUT2D eigenvalue weighted by Crippen LogP contribution is 2.65. The Morgan fingerprint density at radius 2 is 1.73 bits per heavy atom. The summed E-state index contributed by atoms with van der Waals surface area (Å²) < 4.78 is 0. The summed E-state index contributed by atoms with van der Waals surface area (Å²) in [6, 6.07) is 16.8. The summed E-state index contributed by atoms with van der Waals surface area (Å²) >= 11 is 0. The van der Waals surface area contributed by atoms with E-state index >= 15 is 0 Å². The Morgan fingerprint density at radius 1 is 0.975 bits per heavy atom. The third-order valence-corrected chi connectivity index (χ3v) is 11.1. The summed E-state index contributed by atoms with van der Waals surface area (Å²) in [5.41, 5.74) is 1.62. The molecule has 0 radical (unpaired) electrons. The van der Waals surface area contributed by atoms with Crippen LogP contribution in [0.3, 0.4) is 0 Å². The number of benzene rings is 2. The first kappa shape index (κ1) is 26.7. The van der Waals surface area contributed by atoms with Gasteiger partial charge in [0.05, 0.1) is 5.69 Å². The van der Waals surface area contributed by atoms with Crippen molar-refractivity contribution in [3.8, 4) is 0 Å². The van der Waals surface area contributed by atoms with E-state index in [-0.39, 0.29) is 40.4 Å². The van der Waals surface area contributed by atoms with Crippen molar-refractivity contribution in [3.63, 3.8) is 0 Å². The van der Waals surface area contributed by atoms with E-state index in [4.69, 9.17) is 0 Å². The molecule has 6 rings (SSSR count). The molecule has 0 bridgehead atoms. The van der Waals surface area contributed by atoms with Crippen molar-refractivity contribution in [3.05, 3.63) is 90.5 Å². The molecule has 5 nitrogen and oxygen atoms in total. The molecule has 7 atom stereocenters. The number of carbonyl (C=O) groups excluding carboxylic acids is 3. The third-order valence-electron chi connectivity index (χ3n) is 11.1. The summed E-state index contributed by atoms with van der Waals surface area (Å²) in [5.74, 6) is 1.52. The van der Waals surface area contributed by atoms with E-state index < -0.39 is 0 Å². The van der Waals surface area contributed by atoms with E-state index in [0.29, 0.717) is 41.1 Å². The molecule has 2 aromatic carbocycles. The molecular weight excluding hydrogens is 496 g/mol. The molecule has 3 aliphatic carbocycles. The number of hydrogen-bond donors (Lipinski definition) is 1. The summed E-state index contributed by atoms with van der Waals surface area (Å²) in [6.45, 7) is 9.19. The van der Waals surface area contributed by atoms with Crippen LogP contribution >= 0.6 is 0 Å². The highest BCUT2D eigenvalue weighted by molar-refractivity contribution is 6.14. The lowest BCUT2D eigenvalue weighted by molar-refractivity contribution is -0.142. The molecule has 3 fully saturated rings. The fourth-order valence-electron chi connectivity index (χ4n) is 9.14. The Bertz CT molecular complexity index is 1370. The number of anilines is 1. The fraction of sp³-hybridized carbons (Fsp3) is 0.457. The van der Waals surface area contributed by atoms with Gasteiger partial charge in [0.1, 0.15) is 0 Å². The summed E-state index contributed by atoms with van der Waals surface area (Å²) in [7, 11) is 0. The normalized spacial score (nSPS) is 34.4. The van der Waals surface area contributed by atoms with Crippen LogP contribution in [-0.2, 0) is 9.59 Å². The van der Waals surface area contributed by atoms with Crippen LogP contribution in [0.4, 0.5) is 5.69 Å². The van der Waals surface area contributed by atoms with Crippen molar-refractivity contribution < 1.29 is 14.4 Å². The average Bonchev–Trinajstić information content (AvgIpc) is 3.32. The van der Waals surface area contributed by atoms with Gasteiger partial charge in [-0.3, -0.25) is 14.4 Å². The Balaban J connectivity index is 1.22. The molecule has 1 heterocycles. The van der Waals surface area contributed by atoms with Crippen molar-refractivity contribution in [2.75, 3.05) is 11.9 Å². The monoisotopic (exact) mass is 536 g/mol. The zero-order chi connectivity index (χ0) is 28.1. The van der Waals surface area contributed by atoms with Crippen LogP contribution in [-0.4, -0.2) is 35.1 Å². The van der Waals surface area contributed by atoms with Crippen molar-refractivity contribution in [2.24, 2.45) is 34.5 Å². The molecule has 0 spiro atoms. The van der Waals surface area contributed by atoms with E-state index in [0.717, 1.165) is 38.5 Å². The Hall–Kier alpha value is -3.47. The topological polar surface area (TPSA) is 66.5 Å². The lowest BCUT2D eigenvalue weighted by atomic mass is 9.47. The second-order valence-electron chi connectivity index (χ2n) is 12.9. The van der Waals surface area contributed by atoms with Gasteiger partial charge in [0.15, 0.2) is 5.78 Å². The van der Waals surface area contributed by atoms with Crippen molar-refractivity contribution in [1.82, 2.24) is 4.90 Å². The largest absolute Gasteiger partial charge is 0.332 e. The minimum atomic E-state index is -0.0814. The maximum atomic E-state index is 13.9. The van der Waals surface area contributed by atoms with Crippen LogP contribution in [0.15, 0.2) is 79.4 Å². The Kier molecular flexibility index (Phi) is 6.80. The molecule has 1 N–H and O–H groups in total. The second kappa shape index (κ2) is 10.2. The predicted octanol–water partition coefficient (Wildman–Crippen LogP) is 6.67. The molecule has 4 aliphatic rings. The van der Waals surface area contributed by atoms with E-state index in [1.807, 2.05) is 59.5 Å². The molecule has 0 saturated heterocycles. The van der Waals surface area contributed by atoms with Crippen molar-refractivity contribution in [1.29, 1.82) is 0 Å². The van der Waals surface area contributed by atoms with Gasteiger partial charge in [-0.2, -0.15) is 0 Å². The number of ketones is 1. The molecular formula is C35H40N2O3. The number of amides is 2. The Labute approximate surface area is 237 Å². The first-order chi connectivity index (χ1) is 19.3. The van der Waals surface area contributed by atoms with Gasteiger partial charge in [-0.15, -0.1) is 6.58 Å². The zero-order valence-corrected chi connectivity index (χ0v) is 23.6. The number of para-hydroxylation sites is 1. The van der Waals surface area contributed by atoms with E-state index in [9.17, 15) is 14.4 Å². The molecule has 0 aromatic heterocycles. The van der Waals surface area contributed by atoms with Crippen molar-refractivity contribution in [2.45, 2.75) is 58.4 Å². The van der Waals surface area contributed by atoms with Crippen LogP contribution in [0.25, 0.3) is 0 Å². The van der Waals surface area contributed by atoms with E-state index in [1.165, 1.54) is 0 Å². The molecule has 1 aliphatic heterocycles. The second-order valence-corrected chi connectivity index (χ2v) is 12.9. The molecule has 2 amide bonds. The molecule has 208 valence electrons. The highest BCUT2D eigenvalue weighted by Gasteiger charge is 2.61. The standard InChI is InChI=1S/C35H40N2O3/c1-4-22-37-30-17-14-24-26-15-16-28(34(26,2)20-18-27(24)35(30,3)21-19-31(37)38)33(40)36-29-13-9-8-12-25(29)32(39)23-10-6-5-7-11-23/h4-13,19,21,24,26-28,30H,1,14-18,20,22H2,2-3H3,(H,36,40)/t24-,26-,27-,28+,30+,34-,35+/m0/s1. The number of nitrogens with zero attached hydrogens (tertiary/aromatic N) is 1. The molecule has 2 aromatic rings. The number of hydrogen-bond acceptors (Lipinski definition) is 3. The number of nitrogens with one attached hydrogen (secondary N) is 1. The minimum Gasteiger partial charge on any atom is -0.332 e. The van der Waals surface area contributed by atoms with Crippen molar-refractivity contribution >= 4 is 23.3 Å². The van der Waals surface area contributed by atoms with Gasteiger partial charge in [-0.25, -0.2) is 0 Å². The maximum Gasteiger partial charge on any atom is 0.246 e. The lowest BCUT2D eigenvalue weighted by Gasteiger charge is -2.60. The highest BCUT2D eigenvalue weighted by atomic mass is 16.2. The summed E-state index contributed by atoms with van der Waals surface area (Å²) in [6.07, 6.45) is 11.9. The van der Waals surface area contributed by atoms with Gasteiger partial charge in [0.2, 0.25) is 11.8 Å². The number of rotatable bonds is 6. The van der Waals surface area contributed by atoms with Gasteiger partial charge in [-0.1, -0.05) is 68.5 Å². The first-order valence-electron chi connectivity index (χ1n) is 14.9. The van der Waals surface area contributed by atoms with Gasteiger partial charge < -0.3 is 10.2 Å². The molecule has 0 unspecified atom stereocenters. The van der Waals surface area contributed by atoms with Gasteiger partial charge in [-0.05, 0) is 79.9 Å². The fourth-order valence-corrected chi connectivity index (χ4v) is 9.14. The quantitative estimate of drug-likeness (QED) is 0.331. The Morgan fingerprint density at radius 3 is 2.50 bits per heavy atom.